The highest BCUT2D eigenvalue weighted by atomic mass is 35.5. The van der Waals surface area contributed by atoms with E-state index in [1.54, 1.807) is 0 Å². The molecule has 0 aromatic rings. The summed E-state index contributed by atoms with van der Waals surface area (Å²) < 4.78 is 0. The molecule has 0 spiro atoms. The normalized spacial score (nSPS) is 33.1. The molecule has 3 rings (SSSR count). The predicted octanol–water partition coefficient (Wildman–Crippen LogP) is 2.24. The summed E-state index contributed by atoms with van der Waals surface area (Å²) in [5.41, 5.74) is -0.592. The van der Waals surface area contributed by atoms with Gasteiger partial charge in [0.2, 0.25) is 5.91 Å². The highest BCUT2D eigenvalue weighted by Crippen LogP contribution is 2.49. The van der Waals surface area contributed by atoms with E-state index in [-0.39, 0.29) is 30.3 Å². The molecule has 1 saturated carbocycles. The smallest absolute Gasteiger partial charge is 0.311 e. The van der Waals surface area contributed by atoms with Gasteiger partial charge in [-0.15, -0.1) is 12.4 Å². The Hall–Kier alpha value is -0.810. The number of carboxylic acids is 1. The standard InChI is InChI=1S/C17H28N2O3.ClH/c1-12-5-8-18(9-6-12)15(20)13(2)19-10-14-4-3-7-17(14,11-19)16(21)22;/h12-14H,3-11H2,1-2H3,(H,21,22);1H/t13?,14-,17+;/m0./s1. The van der Waals surface area contributed by atoms with Gasteiger partial charge in [-0.3, -0.25) is 14.5 Å². The van der Waals surface area contributed by atoms with Crippen LogP contribution in [0, 0.1) is 17.3 Å². The number of nitrogens with zero attached hydrogens (tertiary/aromatic N) is 2. The number of rotatable bonds is 3. The van der Waals surface area contributed by atoms with Gasteiger partial charge in [-0.25, -0.2) is 0 Å². The molecule has 1 amide bonds. The van der Waals surface area contributed by atoms with Crippen molar-refractivity contribution in [1.29, 1.82) is 0 Å². The van der Waals surface area contributed by atoms with Gasteiger partial charge in [0.1, 0.15) is 0 Å². The first kappa shape index (κ1) is 18.5. The van der Waals surface area contributed by atoms with Crippen molar-refractivity contribution >= 4 is 24.3 Å². The Morgan fingerprint density at radius 3 is 2.43 bits per heavy atom. The van der Waals surface area contributed by atoms with E-state index < -0.39 is 11.4 Å². The number of carbonyl (C=O) groups is 2. The van der Waals surface area contributed by atoms with Gasteiger partial charge in [-0.2, -0.15) is 0 Å². The summed E-state index contributed by atoms with van der Waals surface area (Å²) in [4.78, 5) is 28.6. The van der Waals surface area contributed by atoms with E-state index in [9.17, 15) is 14.7 Å². The molecule has 2 saturated heterocycles. The average molecular weight is 345 g/mol. The highest BCUT2D eigenvalue weighted by molar-refractivity contribution is 5.85. The zero-order valence-electron chi connectivity index (χ0n) is 14.2. The topological polar surface area (TPSA) is 60.9 Å². The minimum atomic E-state index is -0.663. The lowest BCUT2D eigenvalue weighted by Gasteiger charge is -2.35. The Balaban J connectivity index is 0.00000192. The zero-order valence-corrected chi connectivity index (χ0v) is 15.0. The summed E-state index contributed by atoms with van der Waals surface area (Å²) in [6.45, 7) is 7.21. The number of carboxylic acid groups (broad SMARTS) is 1. The Bertz CT molecular complexity index is 465. The van der Waals surface area contributed by atoms with Gasteiger partial charge >= 0.3 is 5.97 Å². The van der Waals surface area contributed by atoms with Gasteiger partial charge in [-0.1, -0.05) is 13.3 Å². The number of halogens is 1. The van der Waals surface area contributed by atoms with E-state index in [4.69, 9.17) is 0 Å². The number of likely N-dealkylation sites (tertiary alicyclic amines) is 2. The van der Waals surface area contributed by atoms with Crippen molar-refractivity contribution in [1.82, 2.24) is 9.80 Å². The molecule has 2 aliphatic heterocycles. The molecule has 3 fully saturated rings. The maximum absolute atomic E-state index is 12.7. The van der Waals surface area contributed by atoms with Crippen LogP contribution in [0.5, 0.6) is 0 Å². The van der Waals surface area contributed by atoms with Crippen LogP contribution in [-0.4, -0.2) is 59.0 Å². The van der Waals surface area contributed by atoms with E-state index in [1.165, 1.54) is 0 Å². The highest BCUT2D eigenvalue weighted by Gasteiger charge is 2.56. The third-order valence-corrected chi connectivity index (χ3v) is 6.32. The van der Waals surface area contributed by atoms with Gasteiger partial charge in [0, 0.05) is 26.2 Å². The maximum Gasteiger partial charge on any atom is 0.311 e. The molecular formula is C17H29ClN2O3. The Labute approximate surface area is 144 Å². The largest absolute Gasteiger partial charge is 0.481 e. The number of amides is 1. The van der Waals surface area contributed by atoms with Crippen molar-refractivity contribution in [3.63, 3.8) is 0 Å². The molecule has 2 heterocycles. The monoisotopic (exact) mass is 344 g/mol. The molecule has 1 aliphatic carbocycles. The molecule has 1 unspecified atom stereocenters. The molecular weight excluding hydrogens is 316 g/mol. The fraction of sp³-hybridized carbons (Fsp3) is 0.882. The van der Waals surface area contributed by atoms with Crippen LogP contribution in [0.3, 0.4) is 0 Å². The minimum absolute atomic E-state index is 0. The number of fused-ring (bicyclic) bond motifs is 1. The lowest BCUT2D eigenvalue weighted by Crippen LogP contribution is -2.49. The third kappa shape index (κ3) is 3.22. The molecule has 0 aromatic heterocycles. The van der Waals surface area contributed by atoms with E-state index >= 15 is 0 Å². The fourth-order valence-electron chi connectivity index (χ4n) is 4.62. The van der Waals surface area contributed by atoms with Crippen molar-refractivity contribution in [2.24, 2.45) is 17.3 Å². The summed E-state index contributed by atoms with van der Waals surface area (Å²) in [7, 11) is 0. The van der Waals surface area contributed by atoms with E-state index in [0.29, 0.717) is 12.5 Å². The number of hydrogen-bond donors (Lipinski definition) is 1. The maximum atomic E-state index is 12.7. The van der Waals surface area contributed by atoms with Gasteiger partial charge in [0.05, 0.1) is 11.5 Å². The minimum Gasteiger partial charge on any atom is -0.481 e. The average Bonchev–Trinajstić information content (AvgIpc) is 3.04. The molecule has 0 radical (unpaired) electrons. The second-order valence-electron chi connectivity index (χ2n) is 7.66. The molecule has 23 heavy (non-hydrogen) atoms. The Morgan fingerprint density at radius 1 is 1.22 bits per heavy atom. The zero-order chi connectivity index (χ0) is 15.9. The Kier molecular flexibility index (Phi) is 5.62. The van der Waals surface area contributed by atoms with Crippen molar-refractivity contribution in [3.8, 4) is 0 Å². The molecule has 3 aliphatic rings. The van der Waals surface area contributed by atoms with Gasteiger partial charge in [-0.05, 0) is 44.4 Å². The first-order chi connectivity index (χ1) is 10.4. The van der Waals surface area contributed by atoms with Gasteiger partial charge < -0.3 is 10.0 Å². The number of carbonyl (C=O) groups excluding carboxylic acids is 1. The van der Waals surface area contributed by atoms with Crippen molar-refractivity contribution in [2.45, 2.75) is 52.0 Å². The van der Waals surface area contributed by atoms with Crippen LogP contribution < -0.4 is 0 Å². The van der Waals surface area contributed by atoms with Crippen molar-refractivity contribution in [2.75, 3.05) is 26.2 Å². The van der Waals surface area contributed by atoms with Crippen LogP contribution in [0.1, 0.15) is 46.0 Å². The van der Waals surface area contributed by atoms with E-state index in [2.05, 4.69) is 11.8 Å². The third-order valence-electron chi connectivity index (χ3n) is 6.32. The van der Waals surface area contributed by atoms with Crippen molar-refractivity contribution < 1.29 is 14.7 Å². The van der Waals surface area contributed by atoms with Gasteiger partial charge in [0.25, 0.3) is 0 Å². The number of hydrogen-bond acceptors (Lipinski definition) is 3. The van der Waals surface area contributed by atoms with Crippen LogP contribution in [-0.2, 0) is 9.59 Å². The predicted molar refractivity (Wildman–Crippen MR) is 90.7 cm³/mol. The quantitative estimate of drug-likeness (QED) is 0.853. The Morgan fingerprint density at radius 2 is 1.87 bits per heavy atom. The SMILES string of the molecule is CC1CCN(C(=O)C(C)N2C[C@@H]3CCC[C@@]3(C(=O)O)C2)CC1.Cl. The van der Waals surface area contributed by atoms with Crippen LogP contribution in [0.15, 0.2) is 0 Å². The van der Waals surface area contributed by atoms with E-state index in [0.717, 1.165) is 51.7 Å². The fourth-order valence-corrected chi connectivity index (χ4v) is 4.62. The molecule has 0 aromatic carbocycles. The summed E-state index contributed by atoms with van der Waals surface area (Å²) in [6.07, 6.45) is 4.94. The lowest BCUT2D eigenvalue weighted by molar-refractivity contribution is -0.150. The first-order valence-electron chi connectivity index (χ1n) is 8.70. The second-order valence-corrected chi connectivity index (χ2v) is 7.66. The summed E-state index contributed by atoms with van der Waals surface area (Å²) in [5.74, 6) is 0.457. The van der Waals surface area contributed by atoms with Crippen LogP contribution in [0.25, 0.3) is 0 Å². The second kappa shape index (κ2) is 6.98. The number of aliphatic carboxylic acids is 1. The molecule has 0 bridgehead atoms. The first-order valence-corrected chi connectivity index (χ1v) is 8.70. The van der Waals surface area contributed by atoms with Gasteiger partial charge in [0.15, 0.2) is 0 Å². The van der Waals surface area contributed by atoms with Crippen LogP contribution >= 0.6 is 12.4 Å². The summed E-state index contributed by atoms with van der Waals surface area (Å²) in [6, 6.07) is -0.185. The molecule has 5 nitrogen and oxygen atoms in total. The molecule has 3 atom stereocenters. The van der Waals surface area contributed by atoms with Crippen molar-refractivity contribution in [3.05, 3.63) is 0 Å². The molecule has 1 N–H and O–H groups in total. The van der Waals surface area contributed by atoms with Crippen LogP contribution in [0.2, 0.25) is 0 Å². The summed E-state index contributed by atoms with van der Waals surface area (Å²) >= 11 is 0. The summed E-state index contributed by atoms with van der Waals surface area (Å²) in [5, 5.41) is 9.67. The number of piperidine rings is 1. The molecule has 132 valence electrons. The lowest BCUT2D eigenvalue weighted by atomic mass is 9.81. The van der Waals surface area contributed by atoms with E-state index in [1.807, 2.05) is 11.8 Å². The van der Waals surface area contributed by atoms with Crippen LogP contribution in [0.4, 0.5) is 0 Å². The molecule has 6 heteroatoms.